The fourth-order valence-corrected chi connectivity index (χ4v) is 2.64. The van der Waals surface area contributed by atoms with Crippen molar-refractivity contribution >= 4 is 41.2 Å². The van der Waals surface area contributed by atoms with Gasteiger partial charge in [0.2, 0.25) is 6.41 Å². The van der Waals surface area contributed by atoms with E-state index in [-0.39, 0.29) is 7.34 Å². The van der Waals surface area contributed by atoms with Gasteiger partial charge in [-0.2, -0.15) is 4.68 Å². The summed E-state index contributed by atoms with van der Waals surface area (Å²) in [5.41, 5.74) is 12.1. The van der Waals surface area contributed by atoms with Gasteiger partial charge in [0.15, 0.2) is 0 Å². The van der Waals surface area contributed by atoms with Crippen molar-refractivity contribution in [3.05, 3.63) is 24.3 Å². The van der Waals surface area contributed by atoms with Crippen LogP contribution in [0.2, 0.25) is 0 Å². The van der Waals surface area contributed by atoms with Gasteiger partial charge in [-0.3, -0.25) is 9.59 Å². The molecule has 188 valence electrons. The summed E-state index contributed by atoms with van der Waals surface area (Å²) in [5, 5.41) is 18.9. The van der Waals surface area contributed by atoms with E-state index in [1.165, 1.54) is 4.68 Å². The van der Waals surface area contributed by atoms with Crippen molar-refractivity contribution < 1.29 is 25.2 Å². The van der Waals surface area contributed by atoms with Crippen LogP contribution in [-0.4, -0.2) is 64.6 Å². The zero-order valence-corrected chi connectivity index (χ0v) is 19.9. The van der Waals surface area contributed by atoms with Gasteiger partial charge in [-0.25, -0.2) is 4.79 Å². The number of carboxylic acids is 1. The maximum Gasteiger partial charge on any atom is 0.341 e. The van der Waals surface area contributed by atoms with Crippen molar-refractivity contribution in [2.45, 2.75) is 51.5 Å². The molecule has 1 aromatic heterocycles. The molecular weight excluding hydrogens is 452 g/mol. The first kappa shape index (κ1) is 30.4. The van der Waals surface area contributed by atoms with Gasteiger partial charge >= 0.3 is 11.9 Å². The number of para-hydroxylation sites is 1. The number of nitrogens with two attached hydrogens (primary N) is 2. The number of hydrogen-bond acceptors (Lipinski definition) is 9. The molecule has 0 aliphatic carbocycles. The largest absolute Gasteiger partial charge is 1.00 e. The number of carbonyl (C=O) groups excluding carboxylic acids is 2. The maximum atomic E-state index is 10.6. The molecule has 1 heterocycles. The van der Waals surface area contributed by atoms with Crippen LogP contribution in [0, 0.1) is 5.92 Å². The minimum Gasteiger partial charge on any atom is -1.00 e. The van der Waals surface area contributed by atoms with E-state index in [0.29, 0.717) is 19.4 Å². The summed E-state index contributed by atoms with van der Waals surface area (Å²) in [5.74, 6) is -1.45. The van der Waals surface area contributed by atoms with Crippen molar-refractivity contribution in [3.8, 4) is 0 Å². The van der Waals surface area contributed by atoms with Crippen LogP contribution in [0.4, 0.5) is 0 Å². The van der Waals surface area contributed by atoms with Crippen LogP contribution in [0.5, 0.6) is 0 Å². The fraction of sp³-hybridized carbons (Fsp3) is 0.571. The van der Waals surface area contributed by atoms with Crippen LogP contribution in [0.25, 0.3) is 11.0 Å². The first-order chi connectivity index (χ1) is 15.8. The topological polar surface area (TPSA) is 175 Å². The summed E-state index contributed by atoms with van der Waals surface area (Å²) in [7, 11) is 1.90. The predicted molar refractivity (Wildman–Crippen MR) is 128 cm³/mol. The molecule has 11 nitrogen and oxygen atoms in total. The molecule has 2 atom stereocenters. The van der Waals surface area contributed by atoms with Crippen molar-refractivity contribution in [2.75, 3.05) is 20.1 Å². The summed E-state index contributed by atoms with van der Waals surface area (Å²) in [6.07, 6.45) is 5.74. The van der Waals surface area contributed by atoms with Crippen LogP contribution in [-0.2, 0) is 18.7 Å². The average Bonchev–Trinajstić information content (AvgIpc) is 3.25. The molecule has 2 aromatic rings. The van der Waals surface area contributed by atoms with Crippen LogP contribution in [0.3, 0.4) is 0 Å². The number of carboxylic acid groups (broad SMARTS) is 1. The third-order valence-electron chi connectivity index (χ3n) is 4.56. The number of fused-ring (bicyclic) bond motifs is 1. The molecule has 0 aliphatic rings. The summed E-state index contributed by atoms with van der Waals surface area (Å²) in [6, 6.07) is 6.68. The molecule has 2 rings (SSSR count). The number of benzene rings is 1. The number of nitrogens with zero attached hydrogens (tertiary/aromatic N) is 3. The lowest BCUT2D eigenvalue weighted by atomic mass is 10.0. The van der Waals surface area contributed by atoms with E-state index in [9.17, 15) is 14.4 Å². The van der Waals surface area contributed by atoms with Gasteiger partial charge in [0.1, 0.15) is 23.4 Å². The molecule has 0 amide bonds. The van der Waals surface area contributed by atoms with E-state index in [1.807, 2.05) is 25.2 Å². The van der Waals surface area contributed by atoms with E-state index in [2.05, 4.69) is 19.9 Å². The number of halogens is 1. The Kier molecular flexibility index (Phi) is 17.4. The second-order valence-corrected chi connectivity index (χ2v) is 7.41. The molecule has 0 saturated carbocycles. The number of hydrogen-bond donors (Lipinski definition) is 4. The summed E-state index contributed by atoms with van der Waals surface area (Å²) in [4.78, 5) is 31.3. The third kappa shape index (κ3) is 13.5. The maximum absolute atomic E-state index is 10.6. The van der Waals surface area contributed by atoms with Crippen molar-refractivity contribution in [1.82, 2.24) is 20.3 Å². The van der Waals surface area contributed by atoms with Crippen molar-refractivity contribution in [1.29, 1.82) is 0 Å². The van der Waals surface area contributed by atoms with Gasteiger partial charge in [-0.1, -0.05) is 37.1 Å². The van der Waals surface area contributed by atoms with Crippen LogP contribution in [0.1, 0.15) is 46.9 Å². The lowest BCUT2D eigenvalue weighted by molar-refractivity contribution is -0.141. The Hall–Kier alpha value is -2.60. The lowest BCUT2D eigenvalue weighted by Crippen LogP contribution is -2.30. The Balaban J connectivity index is 0. The SMILES string of the molecule is CNCCCCC(C)C(=O)O.NCCCCC(N)C(=O)OCl.O=Cn1nnc2ccccc21.[H-]. The Labute approximate surface area is 200 Å². The molecule has 0 fully saturated rings. The monoisotopic (exact) mass is 487 g/mol. The second kappa shape index (κ2) is 18.9. The highest BCUT2D eigenvalue weighted by Crippen LogP contribution is 2.07. The Bertz CT molecular complexity index is 826. The Morgan fingerprint density at radius 1 is 1.27 bits per heavy atom. The van der Waals surface area contributed by atoms with Gasteiger partial charge < -0.3 is 27.6 Å². The molecular formula is C21H36ClN6O5-. The van der Waals surface area contributed by atoms with E-state index >= 15 is 0 Å². The number of aliphatic carboxylic acids is 1. The normalized spacial score (nSPS) is 11.9. The molecule has 0 bridgehead atoms. The second-order valence-electron chi connectivity index (χ2n) is 7.25. The Morgan fingerprint density at radius 2 is 1.94 bits per heavy atom. The van der Waals surface area contributed by atoms with E-state index < -0.39 is 18.0 Å². The molecule has 12 heteroatoms. The highest BCUT2D eigenvalue weighted by molar-refractivity contribution is 6.13. The molecule has 0 saturated heterocycles. The number of carbonyl (C=O) groups is 3. The van der Waals surface area contributed by atoms with E-state index in [4.69, 9.17) is 28.4 Å². The van der Waals surface area contributed by atoms with Gasteiger partial charge in [-0.05, 0) is 58.0 Å². The molecule has 0 radical (unpaired) electrons. The van der Waals surface area contributed by atoms with Crippen molar-refractivity contribution in [3.63, 3.8) is 0 Å². The zero-order valence-electron chi connectivity index (χ0n) is 20.2. The van der Waals surface area contributed by atoms with E-state index in [0.717, 1.165) is 49.7 Å². The molecule has 0 aliphatic heterocycles. The standard InChI is InChI=1S/C8H17NO2.C7H5N3O.C6H13ClN2O2.H/c1-7(8(10)11)5-3-4-6-9-2;11-5-10-7-4-2-1-3-6(7)8-9-10;7-11-6(10)5(9)3-1-2-4-8;/h7,9H,3-6H2,1-2H3,(H,10,11);1-5H;5H,1-4,8-9H2;/q;;;-1. The smallest absolute Gasteiger partial charge is 0.341 e. The van der Waals surface area contributed by atoms with Crippen LogP contribution in [0.15, 0.2) is 24.3 Å². The molecule has 6 N–H and O–H groups in total. The molecule has 1 aromatic carbocycles. The Morgan fingerprint density at radius 3 is 2.52 bits per heavy atom. The van der Waals surface area contributed by atoms with Gasteiger partial charge in [0, 0.05) is 0 Å². The zero-order chi connectivity index (χ0) is 25.1. The number of unbranched alkanes of at least 4 members (excludes halogenated alkanes) is 2. The fourth-order valence-electron chi connectivity index (χ4n) is 2.52. The predicted octanol–water partition coefficient (Wildman–Crippen LogP) is 1.82. The lowest BCUT2D eigenvalue weighted by Gasteiger charge is -2.05. The van der Waals surface area contributed by atoms with Crippen LogP contribution >= 0.6 is 11.9 Å². The minimum atomic E-state index is -0.686. The quantitative estimate of drug-likeness (QED) is 0.255. The average molecular weight is 488 g/mol. The highest BCUT2D eigenvalue weighted by atomic mass is 35.5. The molecule has 2 unspecified atom stereocenters. The summed E-state index contributed by atoms with van der Waals surface area (Å²) in [6.45, 7) is 3.34. The number of rotatable bonds is 12. The van der Waals surface area contributed by atoms with Gasteiger partial charge in [0.05, 0.1) is 11.4 Å². The molecule has 33 heavy (non-hydrogen) atoms. The number of aromatic nitrogens is 3. The van der Waals surface area contributed by atoms with E-state index in [1.54, 1.807) is 13.0 Å². The minimum absolute atomic E-state index is 0. The highest BCUT2D eigenvalue weighted by Gasteiger charge is 2.13. The third-order valence-corrected chi connectivity index (χ3v) is 4.71. The van der Waals surface area contributed by atoms with Gasteiger partial charge in [0.25, 0.3) is 0 Å². The van der Waals surface area contributed by atoms with Crippen molar-refractivity contribution in [2.24, 2.45) is 17.4 Å². The molecule has 0 spiro atoms. The van der Waals surface area contributed by atoms with Crippen LogP contribution < -0.4 is 16.8 Å². The first-order valence-corrected chi connectivity index (χ1v) is 11.0. The first-order valence-electron chi connectivity index (χ1n) is 10.7. The summed E-state index contributed by atoms with van der Waals surface area (Å²) < 4.78 is 5.12. The summed E-state index contributed by atoms with van der Waals surface area (Å²) >= 11 is 4.81. The van der Waals surface area contributed by atoms with Gasteiger partial charge in [-0.15, -0.1) is 5.10 Å². The number of nitrogens with one attached hydrogen (secondary N) is 1.